The summed E-state index contributed by atoms with van der Waals surface area (Å²) in [7, 11) is 1.53. The number of nitrogens with one attached hydrogen (secondary N) is 1. The van der Waals surface area contributed by atoms with Crippen LogP contribution in [0.4, 0.5) is 18.9 Å². The Morgan fingerprint density at radius 2 is 1.66 bits per heavy atom. The highest BCUT2D eigenvalue weighted by Gasteiger charge is 2.33. The number of benzene rings is 3. The number of aryl methyl sites for hydroxylation is 1. The zero-order valence-corrected chi connectivity index (χ0v) is 16.2. The number of hydrogen-bond donors (Lipinski definition) is 1. The molecule has 3 aromatic carbocycles. The maximum absolute atomic E-state index is 13.3. The fourth-order valence-corrected chi connectivity index (χ4v) is 3.16. The van der Waals surface area contributed by atoms with Crippen molar-refractivity contribution in [2.24, 2.45) is 0 Å². The van der Waals surface area contributed by atoms with Crippen LogP contribution in [0.25, 0.3) is 11.1 Å². The van der Waals surface area contributed by atoms with Gasteiger partial charge < -0.3 is 10.1 Å². The van der Waals surface area contributed by atoms with Crippen LogP contribution in [0.15, 0.2) is 60.7 Å². The highest BCUT2D eigenvalue weighted by molar-refractivity contribution is 6.05. The van der Waals surface area contributed by atoms with Gasteiger partial charge in [-0.05, 0) is 55.3 Å². The van der Waals surface area contributed by atoms with Gasteiger partial charge in [0.15, 0.2) is 0 Å². The number of carbonyl (C=O) groups is 1. The van der Waals surface area contributed by atoms with E-state index in [1.165, 1.54) is 19.2 Å². The molecule has 1 amide bonds. The third-order valence-electron chi connectivity index (χ3n) is 4.68. The second-order valence-electron chi connectivity index (χ2n) is 6.71. The van der Waals surface area contributed by atoms with Crippen molar-refractivity contribution in [3.05, 3.63) is 82.9 Å². The standard InChI is InChI=1S/C23H20F3NO2/c1-14-7-12-20(23(24,25)26)19(13-14)16-8-10-17(11-9-16)27-22(28)18-5-4-6-21(29-3)15(18)2/h4-13H,1-3H3,(H,27,28). The maximum atomic E-state index is 13.3. The number of hydrogen-bond acceptors (Lipinski definition) is 2. The number of anilines is 1. The Morgan fingerprint density at radius 1 is 0.966 bits per heavy atom. The SMILES string of the molecule is COc1cccc(C(=O)Nc2ccc(-c3cc(C)ccc3C(F)(F)F)cc2)c1C. The molecule has 0 unspecified atom stereocenters. The van der Waals surface area contributed by atoms with Gasteiger partial charge in [0.2, 0.25) is 0 Å². The lowest BCUT2D eigenvalue weighted by Crippen LogP contribution is -2.13. The lowest BCUT2D eigenvalue weighted by molar-refractivity contribution is -0.137. The van der Waals surface area contributed by atoms with Gasteiger partial charge in [-0.2, -0.15) is 13.2 Å². The number of methoxy groups -OCH3 is 1. The van der Waals surface area contributed by atoms with E-state index in [0.717, 1.165) is 11.6 Å². The number of amides is 1. The monoisotopic (exact) mass is 399 g/mol. The molecule has 0 bridgehead atoms. The first kappa shape index (κ1) is 20.5. The van der Waals surface area contributed by atoms with E-state index < -0.39 is 11.7 Å². The van der Waals surface area contributed by atoms with E-state index in [4.69, 9.17) is 4.74 Å². The Bertz CT molecular complexity index is 1040. The molecule has 29 heavy (non-hydrogen) atoms. The van der Waals surface area contributed by atoms with Crippen molar-refractivity contribution in [2.45, 2.75) is 20.0 Å². The summed E-state index contributed by atoms with van der Waals surface area (Å²) in [6.07, 6.45) is -4.44. The molecule has 3 aromatic rings. The summed E-state index contributed by atoms with van der Waals surface area (Å²) < 4.78 is 45.2. The Morgan fingerprint density at radius 3 is 2.28 bits per heavy atom. The van der Waals surface area contributed by atoms with E-state index >= 15 is 0 Å². The zero-order chi connectivity index (χ0) is 21.2. The van der Waals surface area contributed by atoms with Gasteiger partial charge in [0, 0.05) is 16.8 Å². The van der Waals surface area contributed by atoms with E-state index in [1.54, 1.807) is 56.3 Å². The van der Waals surface area contributed by atoms with Crippen LogP contribution in [0.5, 0.6) is 5.75 Å². The molecule has 0 atom stereocenters. The summed E-state index contributed by atoms with van der Waals surface area (Å²) in [5.74, 6) is 0.285. The lowest BCUT2D eigenvalue weighted by Gasteiger charge is -2.15. The molecule has 0 aliphatic carbocycles. The number of alkyl halides is 3. The van der Waals surface area contributed by atoms with Gasteiger partial charge in [0.1, 0.15) is 5.75 Å². The van der Waals surface area contributed by atoms with E-state index in [2.05, 4.69) is 5.32 Å². The van der Waals surface area contributed by atoms with Crippen LogP contribution in [0.3, 0.4) is 0 Å². The first-order chi connectivity index (χ1) is 13.7. The Hall–Kier alpha value is -3.28. The Balaban J connectivity index is 1.87. The van der Waals surface area contributed by atoms with Crippen molar-refractivity contribution in [2.75, 3.05) is 12.4 Å². The number of rotatable bonds is 4. The van der Waals surface area contributed by atoms with Crippen LogP contribution in [0, 0.1) is 13.8 Å². The van der Waals surface area contributed by atoms with E-state index in [-0.39, 0.29) is 11.5 Å². The molecular weight excluding hydrogens is 379 g/mol. The fourth-order valence-electron chi connectivity index (χ4n) is 3.16. The first-order valence-corrected chi connectivity index (χ1v) is 8.94. The molecule has 6 heteroatoms. The van der Waals surface area contributed by atoms with Gasteiger partial charge >= 0.3 is 6.18 Å². The minimum absolute atomic E-state index is 0.110. The predicted molar refractivity (Wildman–Crippen MR) is 107 cm³/mol. The van der Waals surface area contributed by atoms with Crippen LogP contribution in [0.2, 0.25) is 0 Å². The molecule has 150 valence electrons. The topological polar surface area (TPSA) is 38.3 Å². The summed E-state index contributed by atoms with van der Waals surface area (Å²) in [5.41, 5.74) is 2.24. The quantitative estimate of drug-likeness (QED) is 0.563. The molecule has 0 aliphatic heterocycles. The molecule has 3 rings (SSSR count). The maximum Gasteiger partial charge on any atom is 0.417 e. The van der Waals surface area contributed by atoms with Crippen molar-refractivity contribution < 1.29 is 22.7 Å². The van der Waals surface area contributed by atoms with Gasteiger partial charge in [0.05, 0.1) is 12.7 Å². The summed E-state index contributed by atoms with van der Waals surface area (Å²) in [6, 6.07) is 15.5. The van der Waals surface area contributed by atoms with Gasteiger partial charge in [-0.15, -0.1) is 0 Å². The van der Waals surface area contributed by atoms with Crippen molar-refractivity contribution in [3.63, 3.8) is 0 Å². The van der Waals surface area contributed by atoms with Gasteiger partial charge in [0.25, 0.3) is 5.91 Å². The molecule has 1 N–H and O–H groups in total. The summed E-state index contributed by atoms with van der Waals surface area (Å²) >= 11 is 0. The van der Waals surface area contributed by atoms with Crippen molar-refractivity contribution in [3.8, 4) is 16.9 Å². The Labute approximate surface area is 167 Å². The minimum Gasteiger partial charge on any atom is -0.496 e. The van der Waals surface area contributed by atoms with Crippen molar-refractivity contribution >= 4 is 11.6 Å². The van der Waals surface area contributed by atoms with Gasteiger partial charge in [-0.25, -0.2) is 0 Å². The third-order valence-corrected chi connectivity index (χ3v) is 4.68. The average molecular weight is 399 g/mol. The fraction of sp³-hybridized carbons (Fsp3) is 0.174. The number of ether oxygens (including phenoxy) is 1. The minimum atomic E-state index is -4.44. The first-order valence-electron chi connectivity index (χ1n) is 8.94. The van der Waals surface area contributed by atoms with Crippen LogP contribution in [0.1, 0.15) is 27.0 Å². The molecule has 0 spiro atoms. The molecule has 0 aromatic heterocycles. The second kappa shape index (κ2) is 7.99. The van der Waals surface area contributed by atoms with Crippen LogP contribution in [-0.4, -0.2) is 13.0 Å². The molecule has 0 saturated carbocycles. The van der Waals surface area contributed by atoms with Gasteiger partial charge in [-0.1, -0.05) is 35.9 Å². The second-order valence-corrected chi connectivity index (χ2v) is 6.71. The molecular formula is C23H20F3NO2. The normalized spacial score (nSPS) is 11.2. The zero-order valence-electron chi connectivity index (χ0n) is 16.2. The third kappa shape index (κ3) is 4.42. The van der Waals surface area contributed by atoms with E-state index in [9.17, 15) is 18.0 Å². The smallest absolute Gasteiger partial charge is 0.417 e. The van der Waals surface area contributed by atoms with Crippen molar-refractivity contribution in [1.29, 1.82) is 0 Å². The molecule has 3 nitrogen and oxygen atoms in total. The van der Waals surface area contributed by atoms with E-state index in [0.29, 0.717) is 28.1 Å². The summed E-state index contributed by atoms with van der Waals surface area (Å²) in [5, 5.41) is 2.77. The highest BCUT2D eigenvalue weighted by atomic mass is 19.4. The molecule has 0 fully saturated rings. The molecule has 0 aliphatic rings. The average Bonchev–Trinajstić information content (AvgIpc) is 2.67. The van der Waals surface area contributed by atoms with Gasteiger partial charge in [-0.3, -0.25) is 4.79 Å². The molecule has 0 heterocycles. The summed E-state index contributed by atoms with van der Waals surface area (Å²) in [4.78, 5) is 12.6. The van der Waals surface area contributed by atoms with Crippen LogP contribution < -0.4 is 10.1 Å². The largest absolute Gasteiger partial charge is 0.496 e. The predicted octanol–water partition coefficient (Wildman–Crippen LogP) is 6.25. The number of carbonyl (C=O) groups excluding carboxylic acids is 1. The van der Waals surface area contributed by atoms with Crippen LogP contribution >= 0.6 is 0 Å². The lowest BCUT2D eigenvalue weighted by atomic mass is 9.97. The molecule has 0 saturated heterocycles. The highest BCUT2D eigenvalue weighted by Crippen LogP contribution is 2.37. The van der Waals surface area contributed by atoms with Crippen molar-refractivity contribution in [1.82, 2.24) is 0 Å². The van der Waals surface area contributed by atoms with Crippen LogP contribution in [-0.2, 0) is 6.18 Å². The Kier molecular flexibility index (Phi) is 5.64. The number of halogens is 3. The summed E-state index contributed by atoms with van der Waals surface area (Å²) in [6.45, 7) is 3.53. The van der Waals surface area contributed by atoms with E-state index in [1.807, 2.05) is 0 Å². The molecule has 0 radical (unpaired) electrons.